The van der Waals surface area contributed by atoms with Gasteiger partial charge in [-0.05, 0) is 20.3 Å². The molecule has 2 heterocycles. The first-order chi connectivity index (χ1) is 7.47. The zero-order valence-electron chi connectivity index (χ0n) is 9.69. The second-order valence-corrected chi connectivity index (χ2v) is 5.21. The summed E-state index contributed by atoms with van der Waals surface area (Å²) in [5.74, 6) is -1.14. The van der Waals surface area contributed by atoms with Gasteiger partial charge in [0.25, 0.3) is 0 Å². The zero-order valence-corrected chi connectivity index (χ0v) is 9.69. The Morgan fingerprint density at radius 3 is 2.62 bits per heavy atom. The maximum Gasteiger partial charge on any atom is 0.311 e. The molecule has 16 heavy (non-hydrogen) atoms. The smallest absolute Gasteiger partial charge is 0.311 e. The van der Waals surface area contributed by atoms with E-state index in [4.69, 9.17) is 18.9 Å². The summed E-state index contributed by atoms with van der Waals surface area (Å²) >= 11 is 0. The van der Waals surface area contributed by atoms with Crippen LogP contribution in [0.1, 0.15) is 20.3 Å². The van der Waals surface area contributed by atoms with Crippen molar-refractivity contribution in [2.45, 2.75) is 43.9 Å². The highest BCUT2D eigenvalue weighted by Gasteiger charge is 2.69. The molecule has 1 saturated carbocycles. The van der Waals surface area contributed by atoms with E-state index in [2.05, 4.69) is 0 Å². The molecule has 5 heteroatoms. The van der Waals surface area contributed by atoms with Gasteiger partial charge in [0.2, 0.25) is 0 Å². The first-order valence-corrected chi connectivity index (χ1v) is 5.55. The van der Waals surface area contributed by atoms with E-state index in [9.17, 15) is 4.79 Å². The van der Waals surface area contributed by atoms with Crippen LogP contribution in [0.5, 0.6) is 0 Å². The number of rotatable bonds is 1. The average molecular weight is 228 g/mol. The lowest BCUT2D eigenvalue weighted by Gasteiger charge is -2.21. The number of carbonyl (C=O) groups excluding carboxylic acids is 1. The van der Waals surface area contributed by atoms with Crippen molar-refractivity contribution in [3.8, 4) is 0 Å². The number of fused-ring (bicyclic) bond motifs is 2. The third kappa shape index (κ3) is 1.31. The normalized spacial score (nSPS) is 48.1. The van der Waals surface area contributed by atoms with Gasteiger partial charge < -0.3 is 18.9 Å². The molecule has 1 aliphatic carbocycles. The maximum atomic E-state index is 11.7. The second-order valence-electron chi connectivity index (χ2n) is 5.21. The van der Waals surface area contributed by atoms with Crippen molar-refractivity contribution in [2.24, 2.45) is 5.92 Å². The van der Waals surface area contributed by atoms with E-state index in [1.807, 2.05) is 13.8 Å². The molecule has 0 aromatic carbocycles. The zero-order chi connectivity index (χ0) is 11.6. The van der Waals surface area contributed by atoms with Gasteiger partial charge in [0.05, 0.1) is 19.6 Å². The molecule has 5 nitrogen and oxygen atoms in total. The van der Waals surface area contributed by atoms with Gasteiger partial charge in [0.1, 0.15) is 17.8 Å². The Kier molecular flexibility index (Phi) is 1.95. The standard InChI is InChI=1S/C11H16O5/c1-10(2)15-7-6(9(12)13-3)4-11(5-14-11)8(7)16-10/h6-8H,4-5H2,1-3H3/t6-,7+,8+,11+/m0/s1. The van der Waals surface area contributed by atoms with Crippen molar-refractivity contribution in [3.63, 3.8) is 0 Å². The van der Waals surface area contributed by atoms with E-state index in [0.29, 0.717) is 13.0 Å². The summed E-state index contributed by atoms with van der Waals surface area (Å²) in [5, 5.41) is 0. The molecule has 90 valence electrons. The molecular formula is C11H16O5. The number of ether oxygens (including phenoxy) is 4. The number of esters is 1. The quantitative estimate of drug-likeness (QED) is 0.482. The van der Waals surface area contributed by atoms with Crippen LogP contribution in [0, 0.1) is 5.92 Å². The van der Waals surface area contributed by atoms with Crippen LogP contribution in [0.2, 0.25) is 0 Å². The monoisotopic (exact) mass is 228 g/mol. The van der Waals surface area contributed by atoms with Crippen LogP contribution >= 0.6 is 0 Å². The Hall–Kier alpha value is -0.650. The summed E-state index contributed by atoms with van der Waals surface area (Å²) in [6.07, 6.45) is 0.280. The Balaban J connectivity index is 1.87. The number of methoxy groups -OCH3 is 1. The lowest BCUT2D eigenvalue weighted by molar-refractivity contribution is -0.171. The van der Waals surface area contributed by atoms with Crippen molar-refractivity contribution in [2.75, 3.05) is 13.7 Å². The Labute approximate surface area is 94.0 Å². The Morgan fingerprint density at radius 2 is 2.06 bits per heavy atom. The third-order valence-electron chi connectivity index (χ3n) is 3.63. The fourth-order valence-corrected chi connectivity index (χ4v) is 2.84. The lowest BCUT2D eigenvalue weighted by atomic mass is 10.0. The molecule has 3 fully saturated rings. The van der Waals surface area contributed by atoms with Crippen LogP contribution in [0.4, 0.5) is 0 Å². The number of epoxide rings is 1. The molecule has 0 amide bonds. The molecule has 0 bridgehead atoms. The number of hydrogen-bond acceptors (Lipinski definition) is 5. The van der Waals surface area contributed by atoms with Crippen molar-refractivity contribution >= 4 is 5.97 Å². The van der Waals surface area contributed by atoms with Crippen LogP contribution < -0.4 is 0 Å². The highest BCUT2D eigenvalue weighted by Crippen LogP contribution is 2.54. The molecule has 3 aliphatic rings. The van der Waals surface area contributed by atoms with Crippen LogP contribution in [0.15, 0.2) is 0 Å². The Bertz CT molecular complexity index is 333. The number of carbonyl (C=O) groups is 1. The topological polar surface area (TPSA) is 57.3 Å². The highest BCUT2D eigenvalue weighted by atomic mass is 16.8. The Morgan fingerprint density at radius 1 is 1.38 bits per heavy atom. The summed E-state index contributed by atoms with van der Waals surface area (Å²) < 4.78 is 21.9. The van der Waals surface area contributed by atoms with Crippen molar-refractivity contribution < 1.29 is 23.7 Å². The van der Waals surface area contributed by atoms with E-state index >= 15 is 0 Å². The van der Waals surface area contributed by atoms with Gasteiger partial charge in [0.15, 0.2) is 5.79 Å². The summed E-state index contributed by atoms with van der Waals surface area (Å²) in [5.41, 5.74) is -0.294. The van der Waals surface area contributed by atoms with Gasteiger partial charge in [-0.3, -0.25) is 4.79 Å². The largest absolute Gasteiger partial charge is 0.469 e. The van der Waals surface area contributed by atoms with Gasteiger partial charge in [-0.1, -0.05) is 0 Å². The van der Waals surface area contributed by atoms with Gasteiger partial charge in [-0.2, -0.15) is 0 Å². The summed E-state index contributed by atoms with van der Waals surface area (Å²) in [4.78, 5) is 11.7. The first kappa shape index (κ1) is 10.5. The average Bonchev–Trinajstić information content (AvgIpc) is 2.86. The van der Waals surface area contributed by atoms with Crippen LogP contribution in [0.3, 0.4) is 0 Å². The van der Waals surface area contributed by atoms with E-state index in [1.165, 1.54) is 7.11 Å². The van der Waals surface area contributed by atoms with Crippen molar-refractivity contribution in [3.05, 3.63) is 0 Å². The summed E-state index contributed by atoms with van der Waals surface area (Å²) in [6.45, 7) is 4.37. The minimum atomic E-state index is -0.638. The molecule has 2 aliphatic heterocycles. The molecule has 0 unspecified atom stereocenters. The summed E-state index contributed by atoms with van der Waals surface area (Å²) in [7, 11) is 1.40. The van der Waals surface area contributed by atoms with E-state index in [-0.39, 0.29) is 29.7 Å². The van der Waals surface area contributed by atoms with Gasteiger partial charge in [-0.25, -0.2) is 0 Å². The molecule has 4 atom stereocenters. The highest BCUT2D eigenvalue weighted by molar-refractivity contribution is 5.74. The second kappa shape index (κ2) is 2.97. The molecule has 0 N–H and O–H groups in total. The maximum absolute atomic E-state index is 11.7. The van der Waals surface area contributed by atoms with Gasteiger partial charge in [-0.15, -0.1) is 0 Å². The molecular weight excluding hydrogens is 212 g/mol. The van der Waals surface area contributed by atoms with Gasteiger partial charge in [0, 0.05) is 0 Å². The minimum Gasteiger partial charge on any atom is -0.469 e. The fourth-order valence-electron chi connectivity index (χ4n) is 2.84. The van der Waals surface area contributed by atoms with E-state index in [0.717, 1.165) is 0 Å². The summed E-state index contributed by atoms with van der Waals surface area (Å²) in [6, 6.07) is 0. The minimum absolute atomic E-state index is 0.133. The van der Waals surface area contributed by atoms with Gasteiger partial charge >= 0.3 is 5.97 Å². The predicted molar refractivity (Wildman–Crippen MR) is 52.6 cm³/mol. The SMILES string of the molecule is COC(=O)[C@H]1C[C@@]2(CO2)[C@@H]2OC(C)(C)O[C@H]12. The molecule has 1 spiro atoms. The molecule has 0 aromatic rings. The van der Waals surface area contributed by atoms with Crippen molar-refractivity contribution in [1.29, 1.82) is 0 Å². The first-order valence-electron chi connectivity index (χ1n) is 5.55. The van der Waals surface area contributed by atoms with E-state index < -0.39 is 5.79 Å². The number of hydrogen-bond donors (Lipinski definition) is 0. The molecule has 0 aromatic heterocycles. The lowest BCUT2D eigenvalue weighted by Crippen LogP contribution is -2.32. The fraction of sp³-hybridized carbons (Fsp3) is 0.909. The van der Waals surface area contributed by atoms with Crippen LogP contribution in [-0.4, -0.2) is 43.3 Å². The van der Waals surface area contributed by atoms with Crippen LogP contribution in [-0.2, 0) is 23.7 Å². The molecule has 0 radical (unpaired) electrons. The molecule has 2 saturated heterocycles. The third-order valence-corrected chi connectivity index (χ3v) is 3.63. The predicted octanol–water partition coefficient (Wildman–Crippen LogP) is 0.468. The van der Waals surface area contributed by atoms with E-state index in [1.54, 1.807) is 0 Å². The van der Waals surface area contributed by atoms with Crippen molar-refractivity contribution in [1.82, 2.24) is 0 Å². The molecule has 3 rings (SSSR count). The van der Waals surface area contributed by atoms with Crippen LogP contribution in [0.25, 0.3) is 0 Å².